The van der Waals surface area contributed by atoms with Gasteiger partial charge in [-0.25, -0.2) is 9.69 Å². The highest BCUT2D eigenvalue weighted by atomic mass is 16.5. The Balaban J connectivity index is 1.84. The van der Waals surface area contributed by atoms with Gasteiger partial charge in [-0.3, -0.25) is 14.9 Å². The number of hydrogen-bond acceptors (Lipinski definition) is 4. The van der Waals surface area contributed by atoms with Crippen LogP contribution in [0.1, 0.15) is 31.9 Å². The first kappa shape index (κ1) is 20.3. The minimum Gasteiger partial charge on any atom is -0.493 e. The molecule has 0 saturated carbocycles. The molecular weight excluding hydrogens is 368 g/mol. The van der Waals surface area contributed by atoms with Gasteiger partial charge in [-0.1, -0.05) is 45.0 Å². The number of urea groups is 1. The molecule has 150 valence electrons. The van der Waals surface area contributed by atoms with Crippen molar-refractivity contribution in [2.24, 2.45) is 5.92 Å². The van der Waals surface area contributed by atoms with Gasteiger partial charge in [0, 0.05) is 0 Å². The van der Waals surface area contributed by atoms with Crippen LogP contribution in [-0.4, -0.2) is 24.5 Å². The van der Waals surface area contributed by atoms with Crippen molar-refractivity contribution < 1.29 is 19.1 Å². The lowest BCUT2D eigenvalue weighted by molar-refractivity contribution is -0.122. The van der Waals surface area contributed by atoms with Crippen molar-refractivity contribution in [3.05, 3.63) is 65.2 Å². The molecule has 0 atom stereocenters. The second-order valence-corrected chi connectivity index (χ2v) is 7.25. The van der Waals surface area contributed by atoms with Gasteiger partial charge < -0.3 is 4.74 Å². The Morgan fingerprint density at radius 2 is 1.66 bits per heavy atom. The average Bonchev–Trinajstić information content (AvgIpc) is 2.71. The number of benzene rings is 2. The first-order valence-corrected chi connectivity index (χ1v) is 9.62. The minimum absolute atomic E-state index is 0.0972. The van der Waals surface area contributed by atoms with Gasteiger partial charge in [0.05, 0.1) is 12.3 Å². The number of ether oxygens (including phenoxy) is 1. The van der Waals surface area contributed by atoms with Gasteiger partial charge in [0.2, 0.25) is 0 Å². The second kappa shape index (κ2) is 8.73. The molecule has 2 aromatic carbocycles. The summed E-state index contributed by atoms with van der Waals surface area (Å²) < 4.78 is 5.64. The lowest BCUT2D eigenvalue weighted by Crippen LogP contribution is -2.54. The van der Waals surface area contributed by atoms with Gasteiger partial charge in [-0.2, -0.15) is 0 Å². The third kappa shape index (κ3) is 4.71. The smallest absolute Gasteiger partial charge is 0.335 e. The fourth-order valence-electron chi connectivity index (χ4n) is 2.86. The molecule has 0 aliphatic carbocycles. The Hall–Kier alpha value is -3.41. The zero-order valence-electron chi connectivity index (χ0n) is 16.8. The Bertz CT molecular complexity index is 944. The molecule has 1 N–H and O–H groups in total. The monoisotopic (exact) mass is 392 g/mol. The molecule has 4 amide bonds. The quantitative estimate of drug-likeness (QED) is 0.597. The number of carbonyl (C=O) groups is 3. The predicted octanol–water partition coefficient (Wildman–Crippen LogP) is 3.95. The lowest BCUT2D eigenvalue weighted by Gasteiger charge is -2.26. The van der Waals surface area contributed by atoms with Crippen molar-refractivity contribution in [1.29, 1.82) is 0 Å². The number of nitrogens with zero attached hydrogens (tertiary/aromatic N) is 1. The molecule has 0 spiro atoms. The molecular formula is C23H24N2O4. The number of amides is 4. The van der Waals surface area contributed by atoms with Crippen LogP contribution >= 0.6 is 0 Å². The van der Waals surface area contributed by atoms with E-state index in [4.69, 9.17) is 4.74 Å². The number of hydrogen-bond donors (Lipinski definition) is 1. The summed E-state index contributed by atoms with van der Waals surface area (Å²) in [6.07, 6.45) is 2.32. The van der Waals surface area contributed by atoms with Gasteiger partial charge in [0.1, 0.15) is 11.3 Å². The van der Waals surface area contributed by atoms with Gasteiger partial charge in [-0.15, -0.1) is 0 Å². The van der Waals surface area contributed by atoms with Gasteiger partial charge in [0.15, 0.2) is 0 Å². The normalized spacial score (nSPS) is 15.8. The molecule has 0 bridgehead atoms. The number of carbonyl (C=O) groups excluding carboxylic acids is 3. The SMILES string of the molecule is CCc1ccc(N2C(=O)NC(=O)/C(=C/c3ccc(OCC(C)C)cc3)C2=O)cc1. The fraction of sp³-hybridized carbons (Fsp3) is 0.261. The molecule has 0 aromatic heterocycles. The third-order valence-corrected chi connectivity index (χ3v) is 4.48. The molecule has 1 heterocycles. The van der Waals surface area contributed by atoms with Crippen molar-refractivity contribution in [3.8, 4) is 5.75 Å². The van der Waals surface area contributed by atoms with E-state index in [1.54, 1.807) is 36.4 Å². The second-order valence-electron chi connectivity index (χ2n) is 7.25. The highest BCUT2D eigenvalue weighted by Gasteiger charge is 2.36. The molecule has 2 aromatic rings. The van der Waals surface area contributed by atoms with E-state index in [2.05, 4.69) is 19.2 Å². The van der Waals surface area contributed by atoms with Crippen molar-refractivity contribution in [2.45, 2.75) is 27.2 Å². The number of aryl methyl sites for hydroxylation is 1. The van der Waals surface area contributed by atoms with E-state index in [1.807, 2.05) is 19.1 Å². The summed E-state index contributed by atoms with van der Waals surface area (Å²) in [6.45, 7) is 6.76. The highest BCUT2D eigenvalue weighted by molar-refractivity contribution is 6.39. The van der Waals surface area contributed by atoms with Crippen molar-refractivity contribution in [2.75, 3.05) is 11.5 Å². The summed E-state index contributed by atoms with van der Waals surface area (Å²) in [5.74, 6) is -0.229. The summed E-state index contributed by atoms with van der Waals surface area (Å²) in [6, 6.07) is 13.4. The van der Waals surface area contributed by atoms with E-state index in [0.29, 0.717) is 29.5 Å². The first-order valence-electron chi connectivity index (χ1n) is 9.62. The largest absolute Gasteiger partial charge is 0.493 e. The summed E-state index contributed by atoms with van der Waals surface area (Å²) in [5.41, 5.74) is 2.07. The molecule has 1 aliphatic heterocycles. The Morgan fingerprint density at radius 3 is 2.24 bits per heavy atom. The van der Waals surface area contributed by atoms with E-state index in [-0.39, 0.29) is 5.57 Å². The molecule has 0 unspecified atom stereocenters. The zero-order valence-corrected chi connectivity index (χ0v) is 16.8. The van der Waals surface area contributed by atoms with E-state index < -0.39 is 17.8 Å². The Morgan fingerprint density at radius 1 is 1.00 bits per heavy atom. The molecule has 3 rings (SSSR count). The zero-order chi connectivity index (χ0) is 21.0. The Labute approximate surface area is 170 Å². The number of rotatable bonds is 6. The summed E-state index contributed by atoms with van der Waals surface area (Å²) in [7, 11) is 0. The van der Waals surface area contributed by atoms with Gasteiger partial charge in [-0.05, 0) is 53.8 Å². The van der Waals surface area contributed by atoms with Crippen molar-refractivity contribution in [1.82, 2.24) is 5.32 Å². The Kier molecular flexibility index (Phi) is 6.12. The molecule has 1 aliphatic rings. The lowest BCUT2D eigenvalue weighted by atomic mass is 10.1. The van der Waals surface area contributed by atoms with Crippen LogP contribution in [-0.2, 0) is 16.0 Å². The number of anilines is 1. The van der Waals surface area contributed by atoms with E-state index in [9.17, 15) is 14.4 Å². The van der Waals surface area contributed by atoms with Crippen LogP contribution in [0.2, 0.25) is 0 Å². The molecule has 1 saturated heterocycles. The van der Waals surface area contributed by atoms with Crippen LogP contribution in [0.3, 0.4) is 0 Å². The molecule has 29 heavy (non-hydrogen) atoms. The van der Waals surface area contributed by atoms with E-state index in [1.165, 1.54) is 6.08 Å². The van der Waals surface area contributed by atoms with Crippen LogP contribution in [0.5, 0.6) is 5.75 Å². The first-order chi connectivity index (χ1) is 13.9. The van der Waals surface area contributed by atoms with Crippen LogP contribution in [0.25, 0.3) is 6.08 Å². The molecule has 1 fully saturated rings. The standard InChI is InChI=1S/C23H24N2O4/c1-4-16-5-9-18(10-6-16)25-22(27)20(21(26)24-23(25)28)13-17-7-11-19(12-8-17)29-14-15(2)3/h5-13,15H,4,14H2,1-3H3,(H,24,26,28)/b20-13-. The van der Waals surface area contributed by atoms with E-state index in [0.717, 1.165) is 16.9 Å². The molecule has 6 heteroatoms. The van der Waals surface area contributed by atoms with Crippen LogP contribution in [0, 0.1) is 5.92 Å². The maximum Gasteiger partial charge on any atom is 0.335 e. The maximum absolute atomic E-state index is 12.9. The van der Waals surface area contributed by atoms with E-state index >= 15 is 0 Å². The summed E-state index contributed by atoms with van der Waals surface area (Å²) in [4.78, 5) is 38.4. The molecule has 0 radical (unpaired) electrons. The fourth-order valence-corrected chi connectivity index (χ4v) is 2.86. The van der Waals surface area contributed by atoms with Gasteiger partial charge >= 0.3 is 6.03 Å². The minimum atomic E-state index is -0.751. The molecule has 6 nitrogen and oxygen atoms in total. The topological polar surface area (TPSA) is 75.7 Å². The number of barbiturate groups is 1. The van der Waals surface area contributed by atoms with Crippen LogP contribution < -0.4 is 15.0 Å². The van der Waals surface area contributed by atoms with Crippen molar-refractivity contribution in [3.63, 3.8) is 0 Å². The van der Waals surface area contributed by atoms with Crippen LogP contribution in [0.4, 0.5) is 10.5 Å². The summed E-state index contributed by atoms with van der Waals surface area (Å²) in [5, 5.41) is 2.24. The van der Waals surface area contributed by atoms with Crippen LogP contribution in [0.15, 0.2) is 54.1 Å². The highest BCUT2D eigenvalue weighted by Crippen LogP contribution is 2.23. The van der Waals surface area contributed by atoms with Crippen molar-refractivity contribution >= 4 is 29.6 Å². The summed E-state index contributed by atoms with van der Waals surface area (Å²) >= 11 is 0. The maximum atomic E-state index is 12.9. The van der Waals surface area contributed by atoms with Gasteiger partial charge in [0.25, 0.3) is 11.8 Å². The third-order valence-electron chi connectivity index (χ3n) is 4.48. The average molecular weight is 392 g/mol. The predicted molar refractivity (Wildman–Crippen MR) is 112 cm³/mol. The number of imide groups is 2. The number of nitrogens with one attached hydrogen (secondary N) is 1.